The maximum absolute atomic E-state index is 11.7. The molecular weight excluding hydrogens is 280 g/mol. The molecule has 0 aliphatic heterocycles. The number of carbonyl (C=O) groups excluding carboxylic acids is 1. The first kappa shape index (κ1) is 15.9. The van der Waals surface area contributed by atoms with E-state index in [4.69, 9.17) is 4.74 Å². The minimum Gasteiger partial charge on any atom is -0.497 e. The maximum Gasteiger partial charge on any atom is 0.319 e. The highest BCUT2D eigenvalue weighted by atomic mass is 16.5. The second-order valence-corrected chi connectivity index (χ2v) is 5.01. The lowest BCUT2D eigenvalue weighted by Crippen LogP contribution is -2.29. The molecule has 6 heteroatoms. The molecule has 22 heavy (non-hydrogen) atoms. The predicted octanol–water partition coefficient (Wildman–Crippen LogP) is 2.86. The molecule has 2 aromatic rings. The number of hydrogen-bond acceptors (Lipinski definition) is 3. The van der Waals surface area contributed by atoms with Gasteiger partial charge in [0.15, 0.2) is 0 Å². The summed E-state index contributed by atoms with van der Waals surface area (Å²) in [7, 11) is 1.65. The number of benzene rings is 1. The molecule has 0 fully saturated rings. The number of ether oxygens (including phenoxy) is 1. The van der Waals surface area contributed by atoms with Crippen molar-refractivity contribution in [3.8, 4) is 5.75 Å². The molecular formula is C16H22N4O2. The first-order chi connectivity index (χ1) is 10.7. The number of aromatic nitrogens is 2. The van der Waals surface area contributed by atoms with Crippen molar-refractivity contribution in [2.24, 2.45) is 0 Å². The summed E-state index contributed by atoms with van der Waals surface area (Å²) in [6.45, 7) is 3.39. The van der Waals surface area contributed by atoms with Crippen LogP contribution in [0.25, 0.3) is 0 Å². The SMILES string of the molecule is CCCCNC(=O)Nc1cnn(Cc2cccc(OC)c2)c1. The number of amides is 2. The van der Waals surface area contributed by atoms with Crippen LogP contribution in [0.15, 0.2) is 36.7 Å². The first-order valence-electron chi connectivity index (χ1n) is 7.41. The number of carbonyl (C=O) groups is 1. The molecule has 6 nitrogen and oxygen atoms in total. The lowest BCUT2D eigenvalue weighted by atomic mass is 10.2. The van der Waals surface area contributed by atoms with E-state index in [1.165, 1.54) is 0 Å². The minimum absolute atomic E-state index is 0.200. The molecule has 0 aliphatic carbocycles. The Labute approximate surface area is 130 Å². The summed E-state index contributed by atoms with van der Waals surface area (Å²) in [5, 5.41) is 9.82. The fourth-order valence-electron chi connectivity index (χ4n) is 2.03. The van der Waals surface area contributed by atoms with E-state index >= 15 is 0 Å². The summed E-state index contributed by atoms with van der Waals surface area (Å²) in [4.78, 5) is 11.7. The van der Waals surface area contributed by atoms with Gasteiger partial charge >= 0.3 is 6.03 Å². The van der Waals surface area contributed by atoms with E-state index in [1.807, 2.05) is 24.3 Å². The van der Waals surface area contributed by atoms with Crippen molar-refractivity contribution in [1.29, 1.82) is 0 Å². The number of rotatable bonds is 7. The minimum atomic E-state index is -0.200. The van der Waals surface area contributed by atoms with Crippen LogP contribution in [0.1, 0.15) is 25.3 Å². The molecule has 2 rings (SSSR count). The van der Waals surface area contributed by atoms with Crippen molar-refractivity contribution in [2.75, 3.05) is 19.0 Å². The molecule has 0 spiro atoms. The van der Waals surface area contributed by atoms with Gasteiger partial charge in [-0.05, 0) is 24.1 Å². The highest BCUT2D eigenvalue weighted by Gasteiger charge is 2.04. The summed E-state index contributed by atoms with van der Waals surface area (Å²) >= 11 is 0. The van der Waals surface area contributed by atoms with Crippen molar-refractivity contribution in [1.82, 2.24) is 15.1 Å². The Kier molecular flexibility index (Phi) is 5.82. The molecule has 0 atom stereocenters. The number of urea groups is 1. The second kappa shape index (κ2) is 8.07. The zero-order valence-corrected chi connectivity index (χ0v) is 13.0. The first-order valence-corrected chi connectivity index (χ1v) is 7.41. The Morgan fingerprint density at radius 3 is 3.05 bits per heavy atom. The van der Waals surface area contributed by atoms with Gasteiger partial charge in [0.1, 0.15) is 5.75 Å². The Hall–Kier alpha value is -2.50. The molecule has 0 saturated heterocycles. The van der Waals surface area contributed by atoms with Crippen molar-refractivity contribution in [3.63, 3.8) is 0 Å². The van der Waals surface area contributed by atoms with Crippen LogP contribution in [0.4, 0.5) is 10.5 Å². The molecule has 2 N–H and O–H groups in total. The number of anilines is 1. The molecule has 0 bridgehead atoms. The number of nitrogens with zero attached hydrogens (tertiary/aromatic N) is 2. The summed E-state index contributed by atoms with van der Waals surface area (Å²) in [5.41, 5.74) is 1.76. The molecule has 118 valence electrons. The van der Waals surface area contributed by atoms with Gasteiger partial charge in [-0.1, -0.05) is 25.5 Å². The van der Waals surface area contributed by atoms with Gasteiger partial charge in [-0.25, -0.2) is 4.79 Å². The third kappa shape index (κ3) is 4.80. The highest BCUT2D eigenvalue weighted by Crippen LogP contribution is 2.14. The van der Waals surface area contributed by atoms with E-state index in [9.17, 15) is 4.79 Å². The quantitative estimate of drug-likeness (QED) is 0.773. The topological polar surface area (TPSA) is 68.2 Å². The van der Waals surface area contributed by atoms with Gasteiger partial charge in [0.05, 0.1) is 25.5 Å². The van der Waals surface area contributed by atoms with Gasteiger partial charge < -0.3 is 15.4 Å². The van der Waals surface area contributed by atoms with Gasteiger partial charge in [0.2, 0.25) is 0 Å². The number of nitrogens with one attached hydrogen (secondary N) is 2. The molecule has 1 aromatic heterocycles. The Bertz CT molecular complexity index is 610. The van der Waals surface area contributed by atoms with E-state index < -0.39 is 0 Å². The molecule has 0 unspecified atom stereocenters. The fourth-order valence-corrected chi connectivity index (χ4v) is 2.03. The average molecular weight is 302 g/mol. The zero-order valence-electron chi connectivity index (χ0n) is 13.0. The molecule has 1 heterocycles. The monoisotopic (exact) mass is 302 g/mol. The smallest absolute Gasteiger partial charge is 0.319 e. The number of hydrogen-bond donors (Lipinski definition) is 2. The third-order valence-corrected chi connectivity index (χ3v) is 3.19. The van der Waals surface area contributed by atoms with Crippen molar-refractivity contribution < 1.29 is 9.53 Å². The van der Waals surface area contributed by atoms with Crippen LogP contribution < -0.4 is 15.4 Å². The summed E-state index contributed by atoms with van der Waals surface area (Å²) in [6.07, 6.45) is 5.47. The fraction of sp³-hybridized carbons (Fsp3) is 0.375. The van der Waals surface area contributed by atoms with Crippen LogP contribution in [0, 0.1) is 0 Å². The summed E-state index contributed by atoms with van der Waals surface area (Å²) in [5.74, 6) is 0.818. The van der Waals surface area contributed by atoms with Crippen LogP contribution in [-0.2, 0) is 6.54 Å². The predicted molar refractivity (Wildman–Crippen MR) is 86.3 cm³/mol. The van der Waals surface area contributed by atoms with Gasteiger partial charge in [-0.2, -0.15) is 5.10 Å². The second-order valence-electron chi connectivity index (χ2n) is 5.01. The normalized spacial score (nSPS) is 10.3. The van der Waals surface area contributed by atoms with Gasteiger partial charge in [-0.3, -0.25) is 4.68 Å². The van der Waals surface area contributed by atoms with Gasteiger partial charge in [-0.15, -0.1) is 0 Å². The molecule has 2 amide bonds. The number of methoxy groups -OCH3 is 1. The van der Waals surface area contributed by atoms with Crippen LogP contribution in [0.5, 0.6) is 5.75 Å². The molecule has 1 aromatic carbocycles. The maximum atomic E-state index is 11.7. The standard InChI is InChI=1S/C16H22N4O2/c1-3-4-8-17-16(21)19-14-10-18-20(12-14)11-13-6-5-7-15(9-13)22-2/h5-7,9-10,12H,3-4,8,11H2,1-2H3,(H2,17,19,21). The molecule has 0 aliphatic rings. The third-order valence-electron chi connectivity index (χ3n) is 3.19. The lowest BCUT2D eigenvalue weighted by molar-refractivity contribution is 0.252. The van der Waals surface area contributed by atoms with Crippen LogP contribution in [0.3, 0.4) is 0 Å². The van der Waals surface area contributed by atoms with Crippen LogP contribution in [0.2, 0.25) is 0 Å². The van der Waals surface area contributed by atoms with Crippen LogP contribution >= 0.6 is 0 Å². The van der Waals surface area contributed by atoms with E-state index in [0.717, 1.165) is 24.2 Å². The Morgan fingerprint density at radius 2 is 2.27 bits per heavy atom. The van der Waals surface area contributed by atoms with Gasteiger partial charge in [0.25, 0.3) is 0 Å². The zero-order chi connectivity index (χ0) is 15.8. The van der Waals surface area contributed by atoms with Crippen molar-refractivity contribution in [2.45, 2.75) is 26.3 Å². The van der Waals surface area contributed by atoms with E-state index in [1.54, 1.807) is 24.2 Å². The van der Waals surface area contributed by atoms with Gasteiger partial charge in [0, 0.05) is 12.7 Å². The van der Waals surface area contributed by atoms with Crippen molar-refractivity contribution >= 4 is 11.7 Å². The summed E-state index contributed by atoms with van der Waals surface area (Å²) in [6, 6.07) is 7.62. The Morgan fingerprint density at radius 1 is 1.41 bits per heavy atom. The Balaban J connectivity index is 1.89. The lowest BCUT2D eigenvalue weighted by Gasteiger charge is -2.05. The molecule has 0 radical (unpaired) electrons. The largest absolute Gasteiger partial charge is 0.497 e. The molecule has 0 saturated carbocycles. The van der Waals surface area contributed by atoms with E-state index in [0.29, 0.717) is 18.8 Å². The summed E-state index contributed by atoms with van der Waals surface area (Å²) < 4.78 is 6.98. The van der Waals surface area contributed by atoms with E-state index in [2.05, 4.69) is 22.7 Å². The average Bonchev–Trinajstić information content (AvgIpc) is 2.94. The van der Waals surface area contributed by atoms with E-state index in [-0.39, 0.29) is 6.03 Å². The number of unbranched alkanes of at least 4 members (excludes halogenated alkanes) is 1. The van der Waals surface area contributed by atoms with Crippen molar-refractivity contribution in [3.05, 3.63) is 42.2 Å². The highest BCUT2D eigenvalue weighted by molar-refractivity contribution is 5.88. The van der Waals surface area contributed by atoms with Crippen LogP contribution in [-0.4, -0.2) is 29.5 Å².